The number of imidazole rings is 1. The first kappa shape index (κ1) is 13.1. The molecule has 1 atom stereocenters. The zero-order chi connectivity index (χ0) is 13.9. The number of amides is 1. The number of likely N-dealkylation sites (tertiary alicyclic amines) is 1. The van der Waals surface area contributed by atoms with Crippen LogP contribution in [0.3, 0.4) is 0 Å². The monoisotopic (exact) mass is 289 g/mol. The second-order valence-corrected chi connectivity index (χ2v) is 5.84. The third-order valence-electron chi connectivity index (χ3n) is 3.57. The number of ketones is 1. The summed E-state index contributed by atoms with van der Waals surface area (Å²) >= 11 is 1.46. The van der Waals surface area contributed by atoms with Crippen LogP contribution < -0.4 is 0 Å². The molecule has 1 saturated heterocycles. The first-order valence-electron chi connectivity index (χ1n) is 6.61. The molecule has 1 fully saturated rings. The second kappa shape index (κ2) is 5.58. The van der Waals surface area contributed by atoms with E-state index >= 15 is 0 Å². The maximum Gasteiger partial charge on any atom is 0.271 e. The van der Waals surface area contributed by atoms with Gasteiger partial charge in [0.2, 0.25) is 0 Å². The van der Waals surface area contributed by atoms with Crippen LogP contribution >= 0.6 is 11.3 Å². The molecule has 5 nitrogen and oxygen atoms in total. The Morgan fingerprint density at radius 2 is 2.35 bits per heavy atom. The highest BCUT2D eigenvalue weighted by Gasteiger charge is 2.30. The number of carbonyl (C=O) groups excluding carboxylic acids is 2. The van der Waals surface area contributed by atoms with E-state index in [0.29, 0.717) is 18.8 Å². The van der Waals surface area contributed by atoms with Gasteiger partial charge in [-0.3, -0.25) is 9.59 Å². The first-order chi connectivity index (χ1) is 9.75. The van der Waals surface area contributed by atoms with Crippen molar-refractivity contribution < 1.29 is 9.59 Å². The van der Waals surface area contributed by atoms with E-state index in [1.54, 1.807) is 4.90 Å². The van der Waals surface area contributed by atoms with Gasteiger partial charge in [0.05, 0.1) is 17.4 Å². The van der Waals surface area contributed by atoms with Crippen LogP contribution in [0.15, 0.2) is 30.0 Å². The number of H-pyrrole nitrogens is 1. The minimum absolute atomic E-state index is 0.0776. The second-order valence-electron chi connectivity index (χ2n) is 4.90. The van der Waals surface area contributed by atoms with Gasteiger partial charge < -0.3 is 9.88 Å². The van der Waals surface area contributed by atoms with Crippen LogP contribution in [-0.2, 0) is 0 Å². The number of hydrogen-bond donors (Lipinski definition) is 1. The SMILES string of the molecule is O=C(c1cccs1)[C@@H]1CCCN(C(=O)c2cnc[nH]2)C1. The molecule has 1 amide bonds. The Kier molecular flexibility index (Phi) is 3.64. The molecule has 20 heavy (non-hydrogen) atoms. The van der Waals surface area contributed by atoms with Gasteiger partial charge in [0.25, 0.3) is 5.91 Å². The summed E-state index contributed by atoms with van der Waals surface area (Å²) in [6.07, 6.45) is 4.73. The number of thiophene rings is 1. The smallest absolute Gasteiger partial charge is 0.271 e. The van der Waals surface area contributed by atoms with E-state index in [1.807, 2.05) is 17.5 Å². The molecule has 1 N–H and O–H groups in total. The van der Waals surface area contributed by atoms with Gasteiger partial charge in [-0.05, 0) is 24.3 Å². The normalized spacial score (nSPS) is 19.0. The predicted octanol–water partition coefficient (Wildman–Crippen LogP) is 2.21. The van der Waals surface area contributed by atoms with Crippen LogP contribution in [0.2, 0.25) is 0 Å². The lowest BCUT2D eigenvalue weighted by Gasteiger charge is -2.31. The van der Waals surface area contributed by atoms with Gasteiger partial charge >= 0.3 is 0 Å². The maximum absolute atomic E-state index is 12.4. The highest BCUT2D eigenvalue weighted by molar-refractivity contribution is 7.12. The lowest BCUT2D eigenvalue weighted by molar-refractivity contribution is 0.0634. The van der Waals surface area contributed by atoms with Gasteiger partial charge in [-0.2, -0.15) is 0 Å². The Morgan fingerprint density at radius 3 is 3.05 bits per heavy atom. The van der Waals surface area contributed by atoms with Crippen molar-refractivity contribution in [2.75, 3.05) is 13.1 Å². The zero-order valence-corrected chi connectivity index (χ0v) is 11.7. The van der Waals surface area contributed by atoms with Crippen molar-refractivity contribution >= 4 is 23.0 Å². The Labute approximate surface area is 120 Å². The lowest BCUT2D eigenvalue weighted by atomic mass is 9.93. The van der Waals surface area contributed by atoms with Crippen molar-refractivity contribution in [1.82, 2.24) is 14.9 Å². The number of hydrogen-bond acceptors (Lipinski definition) is 4. The van der Waals surface area contributed by atoms with Crippen LogP contribution in [0, 0.1) is 5.92 Å². The number of nitrogens with zero attached hydrogens (tertiary/aromatic N) is 2. The maximum atomic E-state index is 12.4. The van der Waals surface area contributed by atoms with Crippen LogP contribution in [0.5, 0.6) is 0 Å². The molecule has 6 heteroatoms. The molecule has 2 aromatic heterocycles. The molecular formula is C14H15N3O2S. The summed E-state index contributed by atoms with van der Waals surface area (Å²) in [5.74, 6) is -0.0115. The Morgan fingerprint density at radius 1 is 1.45 bits per heavy atom. The van der Waals surface area contributed by atoms with Crippen LogP contribution in [0.25, 0.3) is 0 Å². The minimum Gasteiger partial charge on any atom is -0.341 e. The van der Waals surface area contributed by atoms with Crippen LogP contribution in [-0.4, -0.2) is 39.6 Å². The van der Waals surface area contributed by atoms with Crippen molar-refractivity contribution in [1.29, 1.82) is 0 Å². The molecule has 0 spiro atoms. The summed E-state index contributed by atoms with van der Waals surface area (Å²) in [7, 11) is 0. The minimum atomic E-state index is -0.0886. The summed E-state index contributed by atoms with van der Waals surface area (Å²) in [4.78, 5) is 33.8. The largest absolute Gasteiger partial charge is 0.341 e. The molecule has 2 aromatic rings. The summed E-state index contributed by atoms with van der Waals surface area (Å²) < 4.78 is 0. The summed E-state index contributed by atoms with van der Waals surface area (Å²) in [5, 5.41) is 1.91. The quantitative estimate of drug-likeness (QED) is 0.881. The lowest BCUT2D eigenvalue weighted by Crippen LogP contribution is -2.42. The van der Waals surface area contributed by atoms with Gasteiger partial charge in [0.1, 0.15) is 5.69 Å². The molecule has 0 saturated carbocycles. The zero-order valence-electron chi connectivity index (χ0n) is 10.9. The molecule has 1 aliphatic rings. The molecule has 3 rings (SSSR count). The molecule has 0 aromatic carbocycles. The van der Waals surface area contributed by atoms with E-state index < -0.39 is 0 Å². The average Bonchev–Trinajstić information content (AvgIpc) is 3.18. The highest BCUT2D eigenvalue weighted by atomic mass is 32.1. The van der Waals surface area contributed by atoms with E-state index in [4.69, 9.17) is 0 Å². The van der Waals surface area contributed by atoms with E-state index in [0.717, 1.165) is 17.7 Å². The number of carbonyl (C=O) groups is 2. The first-order valence-corrected chi connectivity index (χ1v) is 7.49. The third-order valence-corrected chi connectivity index (χ3v) is 4.46. The Bertz CT molecular complexity index is 540. The molecular weight excluding hydrogens is 274 g/mol. The number of piperidine rings is 1. The highest BCUT2D eigenvalue weighted by Crippen LogP contribution is 2.23. The van der Waals surface area contributed by atoms with E-state index in [1.165, 1.54) is 23.9 Å². The van der Waals surface area contributed by atoms with Crippen LogP contribution in [0.4, 0.5) is 0 Å². The number of Topliss-reactive ketones (excluding diaryl/α,β-unsaturated/α-hetero) is 1. The fourth-order valence-corrected chi connectivity index (χ4v) is 3.28. The standard InChI is InChI=1S/C14H15N3O2S/c18-13(12-4-2-6-20-12)10-3-1-5-17(8-10)14(19)11-7-15-9-16-11/h2,4,6-7,9-10H,1,3,5,8H2,(H,15,16)/t10-/m1/s1. The van der Waals surface area contributed by atoms with Crippen molar-refractivity contribution in [2.24, 2.45) is 5.92 Å². The molecule has 104 valence electrons. The van der Waals surface area contributed by atoms with Crippen molar-refractivity contribution in [3.8, 4) is 0 Å². The molecule has 0 bridgehead atoms. The van der Waals surface area contributed by atoms with E-state index in [-0.39, 0.29) is 17.6 Å². The fourth-order valence-electron chi connectivity index (χ4n) is 2.54. The Balaban J connectivity index is 1.71. The van der Waals surface area contributed by atoms with Gasteiger partial charge in [-0.1, -0.05) is 6.07 Å². The molecule has 1 aliphatic heterocycles. The number of aromatic amines is 1. The van der Waals surface area contributed by atoms with E-state index in [9.17, 15) is 9.59 Å². The summed E-state index contributed by atoms with van der Waals surface area (Å²) in [5.41, 5.74) is 0.481. The van der Waals surface area contributed by atoms with Crippen LogP contribution in [0.1, 0.15) is 33.0 Å². The number of nitrogens with one attached hydrogen (secondary N) is 1. The molecule has 0 aliphatic carbocycles. The van der Waals surface area contributed by atoms with E-state index in [2.05, 4.69) is 9.97 Å². The van der Waals surface area contributed by atoms with Gasteiger partial charge in [0, 0.05) is 19.0 Å². The van der Waals surface area contributed by atoms with Crippen molar-refractivity contribution in [2.45, 2.75) is 12.8 Å². The topological polar surface area (TPSA) is 66.1 Å². The van der Waals surface area contributed by atoms with Gasteiger partial charge in [0.15, 0.2) is 5.78 Å². The molecule has 0 unspecified atom stereocenters. The summed E-state index contributed by atoms with van der Waals surface area (Å²) in [6, 6.07) is 3.73. The number of aromatic nitrogens is 2. The summed E-state index contributed by atoms with van der Waals surface area (Å²) in [6.45, 7) is 1.20. The average molecular weight is 289 g/mol. The third kappa shape index (κ3) is 2.51. The molecule has 3 heterocycles. The van der Waals surface area contributed by atoms with Gasteiger partial charge in [-0.25, -0.2) is 4.98 Å². The van der Waals surface area contributed by atoms with Crippen molar-refractivity contribution in [3.63, 3.8) is 0 Å². The number of rotatable bonds is 3. The molecule has 0 radical (unpaired) electrons. The van der Waals surface area contributed by atoms with Gasteiger partial charge in [-0.15, -0.1) is 11.3 Å². The fraction of sp³-hybridized carbons (Fsp3) is 0.357. The predicted molar refractivity (Wildman–Crippen MR) is 75.9 cm³/mol. The van der Waals surface area contributed by atoms with Crippen molar-refractivity contribution in [3.05, 3.63) is 40.6 Å². The Hall–Kier alpha value is -1.95.